The van der Waals surface area contributed by atoms with Gasteiger partial charge >= 0.3 is 6.18 Å². The predicted octanol–water partition coefficient (Wildman–Crippen LogP) is 4.44. The van der Waals surface area contributed by atoms with Gasteiger partial charge < -0.3 is 5.11 Å². The maximum atomic E-state index is 13.6. The lowest BCUT2D eigenvalue weighted by atomic mass is 9.75. The highest BCUT2D eigenvalue weighted by molar-refractivity contribution is 5.31. The Hall–Kier alpha value is -2.43. The number of aromatic nitrogens is 1. The number of aliphatic hydroxyl groups excluding tert-OH is 1. The van der Waals surface area contributed by atoms with Crippen LogP contribution in [-0.4, -0.2) is 40.4 Å². The number of alkyl halides is 3. The van der Waals surface area contributed by atoms with Gasteiger partial charge in [0.25, 0.3) is 0 Å². The van der Waals surface area contributed by atoms with Gasteiger partial charge in [-0.3, -0.25) is 9.88 Å². The van der Waals surface area contributed by atoms with Crippen LogP contribution in [-0.2, 0) is 12.0 Å². The van der Waals surface area contributed by atoms with Crippen LogP contribution >= 0.6 is 0 Å². The van der Waals surface area contributed by atoms with E-state index in [4.69, 9.17) is 5.26 Å². The standard InChI is InChI=1S/C23H26F3N3O/c1-21(2,19-5-3-4-13-28-19)29-14-12-22(16-29,20(30)23(24,25)26)11-10-17-6-8-18(15-27)9-7-17/h3-9,13,20,30H,10-12,14,16H2,1-2H3/t20?,22-/m0/s1. The molecule has 1 fully saturated rings. The molecule has 1 saturated heterocycles. The molecule has 30 heavy (non-hydrogen) atoms. The molecule has 0 amide bonds. The van der Waals surface area contributed by atoms with Gasteiger partial charge in [-0.05, 0) is 69.5 Å². The fourth-order valence-electron chi connectivity index (χ4n) is 4.31. The molecule has 2 heterocycles. The Kier molecular flexibility index (Phi) is 6.21. The van der Waals surface area contributed by atoms with Crippen molar-refractivity contribution < 1.29 is 18.3 Å². The third kappa shape index (κ3) is 4.50. The van der Waals surface area contributed by atoms with Crippen molar-refractivity contribution in [3.63, 3.8) is 0 Å². The minimum atomic E-state index is -4.68. The second kappa shape index (κ2) is 8.37. The van der Waals surface area contributed by atoms with Gasteiger partial charge in [-0.2, -0.15) is 18.4 Å². The molecule has 1 aromatic heterocycles. The lowest BCUT2D eigenvalue weighted by molar-refractivity contribution is -0.239. The number of benzene rings is 1. The van der Waals surface area contributed by atoms with Crippen LogP contribution in [0, 0.1) is 16.7 Å². The fraction of sp³-hybridized carbons (Fsp3) is 0.478. The number of aryl methyl sites for hydroxylation is 1. The largest absolute Gasteiger partial charge is 0.414 e. The van der Waals surface area contributed by atoms with Gasteiger partial charge in [0, 0.05) is 18.2 Å². The van der Waals surface area contributed by atoms with Crippen LogP contribution in [0.5, 0.6) is 0 Å². The molecule has 0 saturated carbocycles. The van der Waals surface area contributed by atoms with Crippen molar-refractivity contribution in [1.82, 2.24) is 9.88 Å². The number of hydrogen-bond acceptors (Lipinski definition) is 4. The summed E-state index contributed by atoms with van der Waals surface area (Å²) < 4.78 is 40.8. The molecule has 7 heteroatoms. The molecular weight excluding hydrogens is 391 g/mol. The van der Waals surface area contributed by atoms with E-state index in [0.29, 0.717) is 18.5 Å². The van der Waals surface area contributed by atoms with E-state index < -0.39 is 23.2 Å². The highest BCUT2D eigenvalue weighted by atomic mass is 19.4. The number of nitriles is 1. The molecule has 0 radical (unpaired) electrons. The highest BCUT2D eigenvalue weighted by Crippen LogP contribution is 2.47. The molecule has 1 aromatic carbocycles. The summed E-state index contributed by atoms with van der Waals surface area (Å²) in [7, 11) is 0. The maximum absolute atomic E-state index is 13.6. The zero-order valence-corrected chi connectivity index (χ0v) is 17.2. The second-order valence-corrected chi connectivity index (χ2v) is 8.56. The number of aliphatic hydroxyl groups is 1. The molecule has 4 nitrogen and oxygen atoms in total. The maximum Gasteiger partial charge on any atom is 0.414 e. The summed E-state index contributed by atoms with van der Waals surface area (Å²) in [6.07, 6.45) is -4.55. The van der Waals surface area contributed by atoms with Gasteiger partial charge in [-0.1, -0.05) is 18.2 Å². The molecule has 0 bridgehead atoms. The summed E-state index contributed by atoms with van der Waals surface area (Å²) in [5.41, 5.74) is 0.300. The minimum absolute atomic E-state index is 0.132. The van der Waals surface area contributed by atoms with Gasteiger partial charge in [-0.15, -0.1) is 0 Å². The predicted molar refractivity (Wildman–Crippen MR) is 107 cm³/mol. The quantitative estimate of drug-likeness (QED) is 0.755. The van der Waals surface area contributed by atoms with Gasteiger partial charge in [0.1, 0.15) is 0 Å². The van der Waals surface area contributed by atoms with E-state index in [9.17, 15) is 18.3 Å². The zero-order valence-electron chi connectivity index (χ0n) is 17.2. The van der Waals surface area contributed by atoms with E-state index in [1.54, 1.807) is 36.5 Å². The summed E-state index contributed by atoms with van der Waals surface area (Å²) >= 11 is 0. The zero-order chi connectivity index (χ0) is 22.0. The van der Waals surface area contributed by atoms with Crippen molar-refractivity contribution >= 4 is 0 Å². The van der Waals surface area contributed by atoms with Crippen LogP contribution in [0.3, 0.4) is 0 Å². The molecule has 0 aliphatic carbocycles. The normalized spacial score (nSPS) is 21.4. The molecule has 160 valence electrons. The smallest absolute Gasteiger partial charge is 0.383 e. The lowest BCUT2D eigenvalue weighted by Gasteiger charge is -2.39. The number of nitrogens with zero attached hydrogens (tertiary/aromatic N) is 3. The molecule has 2 atom stereocenters. The Morgan fingerprint density at radius 3 is 2.47 bits per heavy atom. The van der Waals surface area contributed by atoms with Crippen molar-refractivity contribution in [3.05, 3.63) is 65.5 Å². The first kappa shape index (κ1) is 22.3. The van der Waals surface area contributed by atoms with Crippen molar-refractivity contribution in [1.29, 1.82) is 5.26 Å². The van der Waals surface area contributed by atoms with E-state index in [1.807, 2.05) is 36.9 Å². The Labute approximate surface area is 175 Å². The molecule has 1 N–H and O–H groups in total. The van der Waals surface area contributed by atoms with Crippen molar-refractivity contribution in [2.75, 3.05) is 13.1 Å². The summed E-state index contributed by atoms with van der Waals surface area (Å²) in [4.78, 5) is 6.38. The van der Waals surface area contributed by atoms with Crippen LogP contribution in [0.4, 0.5) is 13.2 Å². The van der Waals surface area contributed by atoms with Gasteiger partial charge in [-0.25, -0.2) is 0 Å². The van der Waals surface area contributed by atoms with Crippen LogP contribution in [0.2, 0.25) is 0 Å². The Bertz CT molecular complexity index is 891. The van der Waals surface area contributed by atoms with Crippen LogP contribution in [0.15, 0.2) is 48.7 Å². The summed E-state index contributed by atoms with van der Waals surface area (Å²) in [6, 6.07) is 14.4. The van der Waals surface area contributed by atoms with Crippen molar-refractivity contribution in [3.8, 4) is 6.07 Å². The summed E-state index contributed by atoms with van der Waals surface area (Å²) in [5.74, 6) is 0. The van der Waals surface area contributed by atoms with Gasteiger partial charge in [0.2, 0.25) is 0 Å². The molecule has 2 aromatic rings. The van der Waals surface area contributed by atoms with Crippen molar-refractivity contribution in [2.45, 2.75) is 50.9 Å². The molecule has 1 aliphatic rings. The summed E-state index contributed by atoms with van der Waals surface area (Å²) in [6.45, 7) is 4.48. The first-order chi connectivity index (χ1) is 14.1. The van der Waals surface area contributed by atoms with Gasteiger partial charge in [0.05, 0.1) is 22.9 Å². The first-order valence-electron chi connectivity index (χ1n) is 9.99. The van der Waals surface area contributed by atoms with E-state index in [0.717, 1.165) is 11.3 Å². The first-order valence-corrected chi connectivity index (χ1v) is 9.99. The topological polar surface area (TPSA) is 60.2 Å². The number of likely N-dealkylation sites (tertiary alicyclic amines) is 1. The molecule has 1 unspecified atom stereocenters. The van der Waals surface area contributed by atoms with Crippen LogP contribution in [0.1, 0.15) is 43.5 Å². The third-order valence-corrected chi connectivity index (χ3v) is 6.35. The van der Waals surface area contributed by atoms with Crippen LogP contribution in [0.25, 0.3) is 0 Å². The molecule has 0 spiro atoms. The van der Waals surface area contributed by atoms with Gasteiger partial charge in [0.15, 0.2) is 6.10 Å². The average molecular weight is 417 g/mol. The number of pyridine rings is 1. The monoisotopic (exact) mass is 417 g/mol. The van der Waals surface area contributed by atoms with E-state index >= 15 is 0 Å². The van der Waals surface area contributed by atoms with E-state index in [-0.39, 0.29) is 19.4 Å². The minimum Gasteiger partial charge on any atom is -0.383 e. The fourth-order valence-corrected chi connectivity index (χ4v) is 4.31. The molecule has 3 rings (SSSR count). The highest BCUT2D eigenvalue weighted by Gasteiger charge is 2.56. The second-order valence-electron chi connectivity index (χ2n) is 8.56. The Morgan fingerprint density at radius 2 is 1.90 bits per heavy atom. The Balaban J connectivity index is 1.83. The lowest BCUT2D eigenvalue weighted by Crippen LogP contribution is -2.49. The average Bonchev–Trinajstić information content (AvgIpc) is 3.18. The third-order valence-electron chi connectivity index (χ3n) is 6.35. The summed E-state index contributed by atoms with van der Waals surface area (Å²) in [5, 5.41) is 19.3. The van der Waals surface area contributed by atoms with Crippen LogP contribution < -0.4 is 0 Å². The molecule has 1 aliphatic heterocycles. The Morgan fingerprint density at radius 1 is 1.20 bits per heavy atom. The van der Waals surface area contributed by atoms with E-state index in [2.05, 4.69) is 4.98 Å². The van der Waals surface area contributed by atoms with E-state index in [1.165, 1.54) is 0 Å². The number of rotatable bonds is 6. The SMILES string of the molecule is CC(C)(c1ccccn1)N1CC[C@](CCc2ccc(C#N)cc2)(C(O)C(F)(F)F)C1. The number of halogens is 3. The number of hydrogen-bond donors (Lipinski definition) is 1. The molecular formula is C23H26F3N3O. The van der Waals surface area contributed by atoms with Crippen molar-refractivity contribution in [2.24, 2.45) is 5.41 Å².